The summed E-state index contributed by atoms with van der Waals surface area (Å²) < 4.78 is 6.73. The number of anilines is 1. The van der Waals surface area contributed by atoms with E-state index in [-0.39, 0.29) is 17.5 Å². The molecule has 1 saturated heterocycles. The molecule has 7 nitrogen and oxygen atoms in total. The molecule has 1 amide bonds. The second-order valence-electron chi connectivity index (χ2n) is 4.58. The molecule has 0 spiro atoms. The third kappa shape index (κ3) is 3.57. The molecular weight excluding hydrogens is 328 g/mol. The number of aromatic nitrogens is 2. The second-order valence-corrected chi connectivity index (χ2v) is 5.37. The van der Waals surface area contributed by atoms with Gasteiger partial charge in [0.2, 0.25) is 5.91 Å². The summed E-state index contributed by atoms with van der Waals surface area (Å²) in [4.78, 5) is 23.2. The maximum absolute atomic E-state index is 12.1. The first-order chi connectivity index (χ1) is 9.61. The van der Waals surface area contributed by atoms with Crippen LogP contribution in [0, 0.1) is 0 Å². The largest absolute Gasteiger partial charge is 0.383 e. The Hall–Kier alpha value is -1.41. The molecule has 1 aromatic rings. The van der Waals surface area contributed by atoms with Crippen LogP contribution in [0.5, 0.6) is 0 Å². The zero-order chi connectivity index (χ0) is 14.5. The average molecular weight is 345 g/mol. The number of piperidine rings is 1. The molecule has 110 valence electrons. The van der Waals surface area contributed by atoms with Gasteiger partial charge >= 0.3 is 0 Å². The van der Waals surface area contributed by atoms with Crippen molar-refractivity contribution in [3.05, 3.63) is 21.0 Å². The highest BCUT2D eigenvalue weighted by Gasteiger charge is 2.19. The van der Waals surface area contributed by atoms with Crippen LogP contribution >= 0.6 is 15.9 Å². The van der Waals surface area contributed by atoms with E-state index in [4.69, 9.17) is 4.74 Å². The number of carbonyl (C=O) groups excluding carboxylic acids is 1. The number of rotatable bonds is 5. The Balaban J connectivity index is 2.07. The van der Waals surface area contributed by atoms with Crippen molar-refractivity contribution in [2.24, 2.45) is 0 Å². The molecule has 0 aliphatic carbocycles. The van der Waals surface area contributed by atoms with E-state index in [9.17, 15) is 9.59 Å². The molecule has 1 unspecified atom stereocenters. The Morgan fingerprint density at radius 1 is 1.60 bits per heavy atom. The van der Waals surface area contributed by atoms with Crippen molar-refractivity contribution in [2.45, 2.75) is 25.4 Å². The first kappa shape index (κ1) is 15.0. The lowest BCUT2D eigenvalue weighted by Gasteiger charge is -2.24. The van der Waals surface area contributed by atoms with Crippen molar-refractivity contribution < 1.29 is 9.53 Å². The van der Waals surface area contributed by atoms with E-state index in [2.05, 4.69) is 31.7 Å². The maximum Gasteiger partial charge on any atom is 0.283 e. The van der Waals surface area contributed by atoms with Gasteiger partial charge in [-0.3, -0.25) is 9.59 Å². The summed E-state index contributed by atoms with van der Waals surface area (Å²) in [6, 6.07) is 0.111. The lowest BCUT2D eigenvalue weighted by Crippen LogP contribution is -2.42. The minimum atomic E-state index is -0.202. The van der Waals surface area contributed by atoms with Crippen LogP contribution in [-0.4, -0.2) is 42.0 Å². The number of methoxy groups -OCH3 is 1. The number of nitrogens with zero attached hydrogens (tertiary/aromatic N) is 2. The Kier molecular flexibility index (Phi) is 5.13. The highest BCUT2D eigenvalue weighted by molar-refractivity contribution is 9.10. The number of nitrogens with one attached hydrogen (secondary N) is 2. The summed E-state index contributed by atoms with van der Waals surface area (Å²) >= 11 is 3.30. The van der Waals surface area contributed by atoms with Gasteiger partial charge in [0.05, 0.1) is 25.0 Å². The Morgan fingerprint density at radius 2 is 2.40 bits per heavy atom. The Labute approximate surface area is 124 Å². The van der Waals surface area contributed by atoms with Crippen molar-refractivity contribution in [1.29, 1.82) is 0 Å². The van der Waals surface area contributed by atoms with Gasteiger partial charge in [0.1, 0.15) is 4.47 Å². The van der Waals surface area contributed by atoms with Gasteiger partial charge in [-0.25, -0.2) is 4.68 Å². The first-order valence-corrected chi connectivity index (χ1v) is 7.19. The van der Waals surface area contributed by atoms with E-state index in [1.807, 2.05) is 0 Å². The molecule has 1 aliphatic heterocycles. The van der Waals surface area contributed by atoms with Crippen molar-refractivity contribution >= 4 is 27.5 Å². The summed E-state index contributed by atoms with van der Waals surface area (Å²) in [5, 5.41) is 10.1. The highest BCUT2D eigenvalue weighted by atomic mass is 79.9. The van der Waals surface area contributed by atoms with Crippen LogP contribution in [-0.2, 0) is 16.1 Å². The van der Waals surface area contributed by atoms with Crippen LogP contribution in [0.4, 0.5) is 5.69 Å². The van der Waals surface area contributed by atoms with Gasteiger partial charge in [0.15, 0.2) is 0 Å². The molecule has 1 fully saturated rings. The predicted molar refractivity (Wildman–Crippen MR) is 77.7 cm³/mol. The van der Waals surface area contributed by atoms with Gasteiger partial charge < -0.3 is 15.4 Å². The van der Waals surface area contributed by atoms with Crippen molar-refractivity contribution in [1.82, 2.24) is 15.1 Å². The third-order valence-electron chi connectivity index (χ3n) is 3.12. The summed E-state index contributed by atoms with van der Waals surface area (Å²) in [7, 11) is 1.58. The van der Waals surface area contributed by atoms with E-state index in [0.717, 1.165) is 6.42 Å². The standard InChI is InChI=1S/C12H17BrN4O3/c1-20-5-4-17-12(19)11(13)9(7-15-17)16-8-2-3-10(18)14-6-8/h7-8,16H,2-6H2,1H3,(H,14,18). The van der Waals surface area contributed by atoms with Gasteiger partial charge in [0, 0.05) is 26.1 Å². The summed E-state index contributed by atoms with van der Waals surface area (Å²) in [5.41, 5.74) is 0.441. The van der Waals surface area contributed by atoms with Gasteiger partial charge in [-0.05, 0) is 22.4 Å². The van der Waals surface area contributed by atoms with Crippen molar-refractivity contribution in [2.75, 3.05) is 25.6 Å². The number of amides is 1. The molecular formula is C12H17BrN4O3. The number of hydrogen-bond acceptors (Lipinski definition) is 5. The number of hydrogen-bond donors (Lipinski definition) is 2. The van der Waals surface area contributed by atoms with Crippen molar-refractivity contribution in [3.63, 3.8) is 0 Å². The molecule has 8 heteroatoms. The first-order valence-electron chi connectivity index (χ1n) is 6.39. The van der Waals surface area contributed by atoms with E-state index in [1.54, 1.807) is 13.3 Å². The van der Waals surface area contributed by atoms with Crippen LogP contribution < -0.4 is 16.2 Å². The molecule has 1 aliphatic rings. The fourth-order valence-corrected chi connectivity index (χ4v) is 2.40. The molecule has 2 N–H and O–H groups in total. The van der Waals surface area contributed by atoms with Crippen LogP contribution in [0.1, 0.15) is 12.8 Å². The monoisotopic (exact) mass is 344 g/mol. The zero-order valence-corrected chi connectivity index (χ0v) is 12.8. The van der Waals surface area contributed by atoms with E-state index >= 15 is 0 Å². The molecule has 2 heterocycles. The van der Waals surface area contributed by atoms with E-state index < -0.39 is 0 Å². The van der Waals surface area contributed by atoms with Crippen LogP contribution in [0.15, 0.2) is 15.5 Å². The summed E-state index contributed by atoms with van der Waals surface area (Å²) in [6.45, 7) is 1.40. The molecule has 1 atom stereocenters. The third-order valence-corrected chi connectivity index (χ3v) is 3.88. The van der Waals surface area contributed by atoms with E-state index in [1.165, 1.54) is 4.68 Å². The molecule has 0 radical (unpaired) electrons. The number of carbonyl (C=O) groups is 1. The SMILES string of the molecule is COCCn1ncc(NC2CCC(=O)NC2)c(Br)c1=O. The summed E-state index contributed by atoms with van der Waals surface area (Å²) in [6.07, 6.45) is 2.84. The van der Waals surface area contributed by atoms with Gasteiger partial charge in [-0.1, -0.05) is 0 Å². The average Bonchev–Trinajstić information content (AvgIpc) is 2.45. The summed E-state index contributed by atoms with van der Waals surface area (Å²) in [5.74, 6) is 0.0650. The Bertz CT molecular complexity index is 536. The lowest BCUT2D eigenvalue weighted by atomic mass is 10.1. The van der Waals surface area contributed by atoms with Gasteiger partial charge in [-0.2, -0.15) is 5.10 Å². The Morgan fingerprint density at radius 3 is 3.05 bits per heavy atom. The number of halogens is 1. The van der Waals surface area contributed by atoms with Crippen molar-refractivity contribution in [3.8, 4) is 0 Å². The minimum Gasteiger partial charge on any atom is -0.383 e. The number of ether oxygens (including phenoxy) is 1. The molecule has 0 bridgehead atoms. The fourth-order valence-electron chi connectivity index (χ4n) is 1.98. The fraction of sp³-hybridized carbons (Fsp3) is 0.583. The lowest BCUT2D eigenvalue weighted by molar-refractivity contribution is -0.122. The smallest absolute Gasteiger partial charge is 0.283 e. The maximum atomic E-state index is 12.1. The predicted octanol–water partition coefficient (Wildman–Crippen LogP) is 0.343. The molecule has 0 aromatic carbocycles. The topological polar surface area (TPSA) is 85.2 Å². The second kappa shape index (κ2) is 6.85. The molecule has 2 rings (SSSR count). The minimum absolute atomic E-state index is 0.0650. The quantitative estimate of drug-likeness (QED) is 0.804. The van der Waals surface area contributed by atoms with Crippen LogP contribution in [0.25, 0.3) is 0 Å². The normalized spacial score (nSPS) is 18.7. The molecule has 1 aromatic heterocycles. The highest BCUT2D eigenvalue weighted by Crippen LogP contribution is 2.19. The van der Waals surface area contributed by atoms with Crippen LogP contribution in [0.2, 0.25) is 0 Å². The van der Waals surface area contributed by atoms with Gasteiger partial charge in [-0.15, -0.1) is 0 Å². The molecule has 20 heavy (non-hydrogen) atoms. The van der Waals surface area contributed by atoms with Crippen LogP contribution in [0.3, 0.4) is 0 Å². The zero-order valence-electron chi connectivity index (χ0n) is 11.2. The van der Waals surface area contributed by atoms with E-state index in [0.29, 0.717) is 36.3 Å². The van der Waals surface area contributed by atoms with Gasteiger partial charge in [0.25, 0.3) is 5.56 Å². The molecule has 0 saturated carbocycles.